The number of nitrogens with zero attached hydrogens (tertiary/aromatic N) is 1. The zero-order valence-corrected chi connectivity index (χ0v) is 11.8. The van der Waals surface area contributed by atoms with Crippen molar-refractivity contribution in [1.29, 1.82) is 0 Å². The first-order valence-electron chi connectivity index (χ1n) is 6.69. The fourth-order valence-electron chi connectivity index (χ4n) is 2.20. The van der Waals surface area contributed by atoms with Crippen LogP contribution < -0.4 is 11.1 Å². The number of hydrogen-bond donors (Lipinski definition) is 3. The average molecular weight is 279 g/mol. The predicted molar refractivity (Wildman–Crippen MR) is 80.8 cm³/mol. The zero-order chi connectivity index (χ0) is 13.5. The molecule has 5 heteroatoms. The molecule has 0 aromatic heterocycles. The van der Waals surface area contributed by atoms with E-state index >= 15 is 0 Å². The molecule has 1 atom stereocenters. The standard InChI is InChI=1S/C14H21N3OS/c15-14(17-18)12-6-4-11(5-7-12)9-16-10-13-3-1-2-8-19-13/h4-7,13,16,18H,1-3,8-10H2,(H2,15,17). The van der Waals surface area contributed by atoms with E-state index < -0.39 is 0 Å². The first-order chi connectivity index (χ1) is 9.29. The van der Waals surface area contributed by atoms with Crippen molar-refractivity contribution in [3.8, 4) is 0 Å². The number of nitrogens with two attached hydrogens (primary N) is 1. The number of amidine groups is 1. The lowest BCUT2D eigenvalue weighted by molar-refractivity contribution is 0.318. The third-order valence-corrected chi connectivity index (χ3v) is 4.73. The van der Waals surface area contributed by atoms with Crippen molar-refractivity contribution >= 4 is 17.6 Å². The van der Waals surface area contributed by atoms with Gasteiger partial charge >= 0.3 is 0 Å². The second-order valence-electron chi connectivity index (χ2n) is 4.80. The van der Waals surface area contributed by atoms with Gasteiger partial charge in [0, 0.05) is 23.9 Å². The highest BCUT2D eigenvalue weighted by Gasteiger charge is 2.12. The third-order valence-electron chi connectivity index (χ3n) is 3.33. The maximum absolute atomic E-state index is 8.59. The molecule has 1 aliphatic rings. The topological polar surface area (TPSA) is 70.6 Å². The Morgan fingerprint density at radius 1 is 1.37 bits per heavy atom. The largest absolute Gasteiger partial charge is 0.409 e. The minimum Gasteiger partial charge on any atom is -0.409 e. The predicted octanol–water partition coefficient (Wildman–Crippen LogP) is 2.16. The van der Waals surface area contributed by atoms with E-state index in [0.717, 1.165) is 23.9 Å². The van der Waals surface area contributed by atoms with Crippen LogP contribution in [0.15, 0.2) is 29.4 Å². The van der Waals surface area contributed by atoms with Crippen LogP contribution in [-0.4, -0.2) is 28.6 Å². The Morgan fingerprint density at radius 3 is 2.79 bits per heavy atom. The Hall–Kier alpha value is -1.20. The summed E-state index contributed by atoms with van der Waals surface area (Å²) in [4.78, 5) is 0. The SMILES string of the molecule is N/C(=N/O)c1ccc(CNCC2CCCCS2)cc1. The van der Waals surface area contributed by atoms with E-state index in [1.54, 1.807) is 0 Å². The molecule has 4 N–H and O–H groups in total. The molecule has 1 aromatic rings. The van der Waals surface area contributed by atoms with Crippen molar-refractivity contribution in [1.82, 2.24) is 5.32 Å². The lowest BCUT2D eigenvalue weighted by Crippen LogP contribution is -2.26. The molecule has 4 nitrogen and oxygen atoms in total. The molecular formula is C14H21N3OS. The molecule has 1 heterocycles. The Kier molecular flexibility index (Phi) is 5.54. The van der Waals surface area contributed by atoms with Crippen LogP contribution in [0, 0.1) is 0 Å². The summed E-state index contributed by atoms with van der Waals surface area (Å²) >= 11 is 2.09. The molecule has 19 heavy (non-hydrogen) atoms. The molecule has 1 fully saturated rings. The summed E-state index contributed by atoms with van der Waals surface area (Å²) in [5, 5.41) is 15.9. The third kappa shape index (κ3) is 4.44. The molecule has 1 aromatic carbocycles. The van der Waals surface area contributed by atoms with E-state index in [9.17, 15) is 0 Å². The van der Waals surface area contributed by atoms with Crippen LogP contribution in [0.5, 0.6) is 0 Å². The van der Waals surface area contributed by atoms with Gasteiger partial charge in [0.25, 0.3) is 0 Å². The molecule has 2 rings (SSSR count). The van der Waals surface area contributed by atoms with Crippen LogP contribution in [0.25, 0.3) is 0 Å². The van der Waals surface area contributed by atoms with Crippen LogP contribution in [0.3, 0.4) is 0 Å². The van der Waals surface area contributed by atoms with E-state index in [-0.39, 0.29) is 5.84 Å². The van der Waals surface area contributed by atoms with Gasteiger partial charge in [-0.15, -0.1) is 0 Å². The monoisotopic (exact) mass is 279 g/mol. The maximum atomic E-state index is 8.59. The first kappa shape index (κ1) is 14.2. The zero-order valence-electron chi connectivity index (χ0n) is 11.0. The summed E-state index contributed by atoms with van der Waals surface area (Å²) in [6.07, 6.45) is 4.07. The number of hydrogen-bond acceptors (Lipinski definition) is 4. The van der Waals surface area contributed by atoms with Crippen molar-refractivity contribution in [2.75, 3.05) is 12.3 Å². The molecule has 0 saturated carbocycles. The summed E-state index contributed by atoms with van der Waals surface area (Å²) in [5.74, 6) is 1.46. The lowest BCUT2D eigenvalue weighted by atomic mass is 10.1. The maximum Gasteiger partial charge on any atom is 0.170 e. The number of oxime groups is 1. The molecule has 104 valence electrons. The minimum absolute atomic E-state index is 0.151. The van der Waals surface area contributed by atoms with Gasteiger partial charge in [-0.2, -0.15) is 11.8 Å². The fourth-order valence-corrected chi connectivity index (χ4v) is 3.47. The van der Waals surface area contributed by atoms with Gasteiger partial charge < -0.3 is 16.3 Å². The van der Waals surface area contributed by atoms with Crippen molar-refractivity contribution in [3.63, 3.8) is 0 Å². The highest BCUT2D eigenvalue weighted by atomic mass is 32.2. The molecule has 0 amide bonds. The van der Waals surface area contributed by atoms with E-state index in [1.165, 1.54) is 30.6 Å². The second kappa shape index (κ2) is 7.40. The van der Waals surface area contributed by atoms with Gasteiger partial charge in [0.1, 0.15) is 0 Å². The van der Waals surface area contributed by atoms with E-state index in [1.807, 2.05) is 24.3 Å². The van der Waals surface area contributed by atoms with Gasteiger partial charge in [0.15, 0.2) is 5.84 Å². The Bertz CT molecular complexity index is 413. The summed E-state index contributed by atoms with van der Waals surface area (Å²) < 4.78 is 0. The number of benzene rings is 1. The summed E-state index contributed by atoms with van der Waals surface area (Å²) in [7, 11) is 0. The number of rotatable bonds is 5. The quantitative estimate of drug-likeness (QED) is 0.334. The van der Waals surface area contributed by atoms with Crippen LogP contribution >= 0.6 is 11.8 Å². The molecule has 1 saturated heterocycles. The van der Waals surface area contributed by atoms with Crippen molar-refractivity contribution < 1.29 is 5.21 Å². The van der Waals surface area contributed by atoms with Gasteiger partial charge in [0.2, 0.25) is 0 Å². The molecule has 0 radical (unpaired) electrons. The van der Waals surface area contributed by atoms with E-state index in [2.05, 4.69) is 22.2 Å². The molecule has 0 spiro atoms. The molecule has 1 unspecified atom stereocenters. The Balaban J connectivity index is 1.76. The van der Waals surface area contributed by atoms with Gasteiger partial charge in [-0.25, -0.2) is 0 Å². The van der Waals surface area contributed by atoms with Gasteiger partial charge in [0.05, 0.1) is 0 Å². The molecule has 0 aliphatic carbocycles. The van der Waals surface area contributed by atoms with E-state index in [0.29, 0.717) is 0 Å². The Labute approximate surface area is 118 Å². The highest BCUT2D eigenvalue weighted by Crippen LogP contribution is 2.24. The van der Waals surface area contributed by atoms with E-state index in [4.69, 9.17) is 10.9 Å². The highest BCUT2D eigenvalue weighted by molar-refractivity contribution is 7.99. The number of thioether (sulfide) groups is 1. The van der Waals surface area contributed by atoms with Crippen molar-refractivity contribution in [2.24, 2.45) is 10.9 Å². The van der Waals surface area contributed by atoms with Crippen LogP contribution in [0.2, 0.25) is 0 Å². The average Bonchev–Trinajstić information content (AvgIpc) is 2.48. The van der Waals surface area contributed by atoms with Crippen molar-refractivity contribution in [3.05, 3.63) is 35.4 Å². The summed E-state index contributed by atoms with van der Waals surface area (Å²) in [6.45, 7) is 1.94. The normalized spacial score (nSPS) is 20.4. The van der Waals surface area contributed by atoms with Crippen LogP contribution in [0.4, 0.5) is 0 Å². The minimum atomic E-state index is 0.151. The van der Waals surface area contributed by atoms with Gasteiger partial charge in [-0.1, -0.05) is 35.8 Å². The summed E-state index contributed by atoms with van der Waals surface area (Å²) in [5.41, 5.74) is 7.49. The molecule has 1 aliphatic heterocycles. The summed E-state index contributed by atoms with van der Waals surface area (Å²) in [6, 6.07) is 7.77. The first-order valence-corrected chi connectivity index (χ1v) is 7.73. The van der Waals surface area contributed by atoms with Gasteiger partial charge in [-0.3, -0.25) is 0 Å². The Morgan fingerprint density at radius 2 is 2.16 bits per heavy atom. The van der Waals surface area contributed by atoms with Crippen LogP contribution in [-0.2, 0) is 6.54 Å². The fraction of sp³-hybridized carbons (Fsp3) is 0.500. The number of nitrogens with one attached hydrogen (secondary N) is 1. The van der Waals surface area contributed by atoms with Gasteiger partial charge in [-0.05, 0) is 24.2 Å². The van der Waals surface area contributed by atoms with Crippen LogP contribution in [0.1, 0.15) is 30.4 Å². The molecule has 0 bridgehead atoms. The lowest BCUT2D eigenvalue weighted by Gasteiger charge is -2.21. The van der Waals surface area contributed by atoms with Crippen molar-refractivity contribution in [2.45, 2.75) is 31.1 Å². The smallest absolute Gasteiger partial charge is 0.170 e. The second-order valence-corrected chi connectivity index (χ2v) is 6.21. The molecular weight excluding hydrogens is 258 g/mol.